The number of rotatable bonds is 33. The number of anilines is 3. The minimum Gasteiger partial charge on any atom is -0.550 e. The molecule has 2 heterocycles. The minimum atomic E-state index is -1.58. The van der Waals surface area contributed by atoms with E-state index >= 15 is 0 Å². The predicted octanol–water partition coefficient (Wildman–Crippen LogP) is 7.61. The molecular weight excluding hydrogens is 845 g/mol. The van der Waals surface area contributed by atoms with Crippen LogP contribution in [0.25, 0.3) is 11.2 Å². The summed E-state index contributed by atoms with van der Waals surface area (Å²) in [6, 6.07) is 4.89. The van der Waals surface area contributed by atoms with E-state index in [4.69, 9.17) is 11.5 Å². The Morgan fingerprint density at radius 1 is 0.627 bits per heavy atom. The van der Waals surface area contributed by atoms with Gasteiger partial charge in [-0.2, -0.15) is 9.97 Å². The molecule has 0 saturated heterocycles. The van der Waals surface area contributed by atoms with E-state index in [0.29, 0.717) is 17.8 Å². The highest BCUT2D eigenvalue weighted by atomic mass is 16.4. The molecule has 0 saturated carbocycles. The average Bonchev–Trinajstić information content (AvgIpc) is 3.32. The van der Waals surface area contributed by atoms with Gasteiger partial charge in [-0.05, 0) is 88.5 Å². The maximum Gasteiger partial charge on any atom is 0.251 e. The molecule has 0 bridgehead atoms. The molecule has 1 atom stereocenters. The second-order valence-electron chi connectivity index (χ2n) is 18.5. The molecule has 0 unspecified atom stereocenters. The second kappa shape index (κ2) is 34.6. The van der Waals surface area contributed by atoms with E-state index in [1.54, 1.807) is 25.4 Å². The number of quaternary nitrogens is 2. The molecule has 1 amide bonds. The van der Waals surface area contributed by atoms with Crippen molar-refractivity contribution in [3.8, 4) is 0 Å². The summed E-state index contributed by atoms with van der Waals surface area (Å²) >= 11 is 0. The van der Waals surface area contributed by atoms with E-state index in [9.17, 15) is 24.6 Å². The number of fused-ring (bicyclic) bond motifs is 1. The fraction of sp³-hybridized carbons (Fsp3) is 0.712. The Kier molecular flexibility index (Phi) is 31.2. The number of nitrogens with one attached hydrogen (secondary N) is 1. The van der Waals surface area contributed by atoms with E-state index in [0.717, 1.165) is 5.69 Å². The topological polar surface area (TPSA) is 216 Å². The van der Waals surface area contributed by atoms with Crippen molar-refractivity contribution in [3.05, 3.63) is 41.7 Å². The fourth-order valence-corrected chi connectivity index (χ4v) is 8.30. The van der Waals surface area contributed by atoms with Crippen LogP contribution in [0.4, 0.5) is 17.5 Å². The molecule has 0 aliphatic rings. The van der Waals surface area contributed by atoms with Crippen molar-refractivity contribution in [2.24, 2.45) is 0 Å². The van der Waals surface area contributed by atoms with Crippen LogP contribution in [0.3, 0.4) is 0 Å². The van der Waals surface area contributed by atoms with E-state index < -0.39 is 30.3 Å². The quantitative estimate of drug-likeness (QED) is 0.0503. The lowest BCUT2D eigenvalue weighted by atomic mass is 10.1. The summed E-state index contributed by atoms with van der Waals surface area (Å²) in [5, 5.41) is 23.9. The molecule has 3 rings (SSSR count). The summed E-state index contributed by atoms with van der Waals surface area (Å²) in [4.78, 5) is 52.3. The fourth-order valence-electron chi connectivity index (χ4n) is 8.30. The SMILES string of the molecule is CCCC[N+](CCCC)(CCCC)CCCC.CCCC[N+](CCCC)(CCCC)CCCC.CN(Cc1cnc2nc(N)nc(N)c2n1)c1ccc(C(=O)N[C@@H](CCC(=O)[O-])C(=O)[O-])cc1. The molecule has 15 heteroatoms. The zero-order valence-electron chi connectivity index (χ0n) is 43.4. The van der Waals surface area contributed by atoms with E-state index in [1.807, 2.05) is 4.90 Å². The van der Waals surface area contributed by atoms with E-state index in [-0.39, 0.29) is 29.4 Å². The summed E-state index contributed by atoms with van der Waals surface area (Å²) in [7, 11) is 1.80. The van der Waals surface area contributed by atoms with Gasteiger partial charge in [0.05, 0.1) is 82.8 Å². The minimum absolute atomic E-state index is 0.00753. The average molecular weight is 937 g/mol. The largest absolute Gasteiger partial charge is 0.550 e. The lowest BCUT2D eigenvalue weighted by molar-refractivity contribution is -0.929. The Bertz CT molecular complexity index is 1700. The summed E-state index contributed by atoms with van der Waals surface area (Å²) in [6.07, 6.45) is 22.8. The van der Waals surface area contributed by atoms with Gasteiger partial charge in [0.2, 0.25) is 5.95 Å². The molecule has 67 heavy (non-hydrogen) atoms. The van der Waals surface area contributed by atoms with Gasteiger partial charge in [0, 0.05) is 24.3 Å². The molecule has 5 N–H and O–H groups in total. The van der Waals surface area contributed by atoms with Gasteiger partial charge in [-0.1, -0.05) is 107 Å². The second-order valence-corrected chi connectivity index (χ2v) is 18.5. The van der Waals surface area contributed by atoms with Crippen molar-refractivity contribution in [2.45, 2.75) is 184 Å². The van der Waals surface area contributed by atoms with Crippen LogP contribution >= 0.6 is 0 Å². The molecule has 1 aromatic carbocycles. The third-order valence-corrected chi connectivity index (χ3v) is 12.6. The van der Waals surface area contributed by atoms with Gasteiger partial charge in [0.1, 0.15) is 0 Å². The van der Waals surface area contributed by atoms with Crippen LogP contribution in [0.2, 0.25) is 0 Å². The number of hydrogen-bond acceptors (Lipinski definition) is 12. The molecule has 0 aliphatic carbocycles. The number of hydrogen-bond donors (Lipinski definition) is 3. The molecule has 380 valence electrons. The number of carbonyl (C=O) groups excluding carboxylic acids is 3. The van der Waals surface area contributed by atoms with Gasteiger partial charge in [-0.3, -0.25) is 4.79 Å². The summed E-state index contributed by atoms with van der Waals surface area (Å²) < 4.78 is 2.84. The lowest BCUT2D eigenvalue weighted by Gasteiger charge is -2.39. The van der Waals surface area contributed by atoms with Crippen LogP contribution in [0.1, 0.15) is 187 Å². The number of aliphatic carboxylic acids is 2. The molecule has 0 radical (unpaired) electrons. The first-order valence-corrected chi connectivity index (χ1v) is 25.9. The number of carboxylic acid groups (broad SMARTS) is 2. The van der Waals surface area contributed by atoms with Gasteiger partial charge in [-0.15, -0.1) is 0 Å². The first kappa shape index (κ1) is 60.4. The zero-order chi connectivity index (χ0) is 50.1. The predicted molar refractivity (Wildman–Crippen MR) is 272 cm³/mol. The Labute approximate surface area is 405 Å². The standard InChI is InChI=1S/C20H22N8O5.2C16H36N/c1-28(9-11-8-23-17-15(24-11)16(21)26-20(22)27-17)12-4-2-10(3-5-12)18(31)25-13(19(32)33)6-7-14(29)30;2*1-5-9-13-17(14-10-6-2,15-11-7-3)16-12-8-4/h2-5,8,13H,6-7,9H2,1H3,(H,25,31)(H,29,30)(H,32,33)(H4,21,22,23,26,27);2*5-16H2,1-4H3/q;2*+1/p-2/t13-;;/m0../s1. The Balaban J connectivity index is 0.000000559. The number of nitrogens with zero attached hydrogens (tertiary/aromatic N) is 7. The first-order chi connectivity index (χ1) is 32.1. The van der Waals surface area contributed by atoms with Crippen LogP contribution in [0, 0.1) is 0 Å². The maximum absolute atomic E-state index is 12.3. The highest BCUT2D eigenvalue weighted by Gasteiger charge is 2.26. The first-order valence-electron chi connectivity index (χ1n) is 25.9. The summed E-state index contributed by atoms with van der Waals surface area (Å²) in [6.45, 7) is 30.4. The third kappa shape index (κ3) is 23.8. The highest BCUT2D eigenvalue weighted by Crippen LogP contribution is 2.20. The zero-order valence-corrected chi connectivity index (χ0v) is 43.4. The number of aromatic nitrogens is 4. The molecule has 3 aromatic rings. The van der Waals surface area contributed by atoms with Crippen molar-refractivity contribution >= 4 is 46.5 Å². The van der Waals surface area contributed by atoms with Crippen LogP contribution in [0.5, 0.6) is 0 Å². The van der Waals surface area contributed by atoms with E-state index in [2.05, 4.69) is 80.6 Å². The van der Waals surface area contributed by atoms with Gasteiger partial charge >= 0.3 is 0 Å². The number of unbranched alkanes of at least 4 members (excludes halogenated alkanes) is 8. The highest BCUT2D eigenvalue weighted by molar-refractivity contribution is 5.96. The van der Waals surface area contributed by atoms with Crippen molar-refractivity contribution in [3.63, 3.8) is 0 Å². The van der Waals surface area contributed by atoms with Crippen molar-refractivity contribution in [1.82, 2.24) is 25.3 Å². The van der Waals surface area contributed by atoms with Gasteiger partial charge in [-0.25, -0.2) is 9.97 Å². The van der Waals surface area contributed by atoms with Crippen LogP contribution in [-0.2, 0) is 16.1 Å². The van der Waals surface area contributed by atoms with Crippen molar-refractivity contribution in [2.75, 3.05) is 75.8 Å². The lowest BCUT2D eigenvalue weighted by Crippen LogP contribution is -2.50. The third-order valence-electron chi connectivity index (χ3n) is 12.6. The number of carbonyl (C=O) groups is 3. The molecule has 0 fully saturated rings. The molecular formula is C52H92N10O5. The van der Waals surface area contributed by atoms with Crippen LogP contribution in [-0.4, -0.2) is 112 Å². The summed E-state index contributed by atoms with van der Waals surface area (Å²) in [5.41, 5.74) is 13.6. The van der Waals surface area contributed by atoms with Crippen molar-refractivity contribution in [1.29, 1.82) is 0 Å². The number of amides is 1. The smallest absolute Gasteiger partial charge is 0.251 e. The van der Waals surface area contributed by atoms with E-state index in [1.165, 1.54) is 176 Å². The number of nitrogen functional groups attached to an aromatic ring is 2. The molecule has 2 aromatic heterocycles. The summed E-state index contributed by atoms with van der Waals surface area (Å²) in [5.74, 6) is -3.54. The maximum atomic E-state index is 12.3. The van der Waals surface area contributed by atoms with Gasteiger partial charge in [0.25, 0.3) is 5.91 Å². The molecule has 0 spiro atoms. The monoisotopic (exact) mass is 937 g/mol. The Hall–Kier alpha value is -4.63. The number of benzene rings is 1. The Morgan fingerprint density at radius 2 is 1.03 bits per heavy atom. The molecule has 0 aliphatic heterocycles. The van der Waals surface area contributed by atoms with Gasteiger partial charge in [0.15, 0.2) is 17.0 Å². The Morgan fingerprint density at radius 3 is 1.39 bits per heavy atom. The number of nitrogens with two attached hydrogens (primary N) is 2. The van der Waals surface area contributed by atoms with Gasteiger partial charge < -0.3 is 50.5 Å². The normalized spacial score (nSPS) is 11.8. The van der Waals surface area contributed by atoms with Crippen molar-refractivity contribution < 1.29 is 33.6 Å². The van der Waals surface area contributed by atoms with Crippen LogP contribution in [0.15, 0.2) is 30.5 Å². The molecule has 15 nitrogen and oxygen atoms in total. The van der Waals surface area contributed by atoms with Crippen LogP contribution < -0.4 is 31.9 Å². The number of carboxylic acids is 2.